The lowest BCUT2D eigenvalue weighted by atomic mass is 10.1. The molecular formula is C18H23NO. The number of aryl methyl sites for hydroxylation is 1. The molecule has 2 aromatic rings. The van der Waals surface area contributed by atoms with Crippen molar-refractivity contribution in [3.63, 3.8) is 0 Å². The monoisotopic (exact) mass is 269 g/mol. The summed E-state index contributed by atoms with van der Waals surface area (Å²) in [7, 11) is 2.01. The van der Waals surface area contributed by atoms with Gasteiger partial charge in [-0.2, -0.15) is 0 Å². The Morgan fingerprint density at radius 1 is 0.950 bits per heavy atom. The maximum atomic E-state index is 5.78. The third-order valence-electron chi connectivity index (χ3n) is 3.53. The van der Waals surface area contributed by atoms with Gasteiger partial charge in [0.2, 0.25) is 0 Å². The van der Waals surface area contributed by atoms with Crippen LogP contribution in [-0.2, 0) is 13.0 Å². The van der Waals surface area contributed by atoms with Crippen LogP contribution in [-0.4, -0.2) is 13.1 Å². The number of ether oxygens (including phenoxy) is 1. The van der Waals surface area contributed by atoms with Gasteiger partial charge in [-0.25, -0.2) is 0 Å². The van der Waals surface area contributed by atoms with Gasteiger partial charge in [-0.05, 0) is 50.1 Å². The lowest BCUT2D eigenvalue weighted by Crippen LogP contribution is -2.21. The van der Waals surface area contributed by atoms with Crippen molar-refractivity contribution in [1.29, 1.82) is 0 Å². The highest BCUT2D eigenvalue weighted by molar-refractivity contribution is 5.28. The van der Waals surface area contributed by atoms with Crippen LogP contribution in [0.1, 0.15) is 24.5 Å². The van der Waals surface area contributed by atoms with Crippen molar-refractivity contribution in [2.75, 3.05) is 7.05 Å². The lowest BCUT2D eigenvalue weighted by molar-refractivity contribution is 0.306. The highest BCUT2D eigenvalue weighted by atomic mass is 16.5. The van der Waals surface area contributed by atoms with E-state index in [0.717, 1.165) is 18.6 Å². The van der Waals surface area contributed by atoms with Gasteiger partial charge in [-0.15, -0.1) is 0 Å². The average molecular weight is 269 g/mol. The Hall–Kier alpha value is -1.80. The van der Waals surface area contributed by atoms with E-state index < -0.39 is 0 Å². The Bertz CT molecular complexity index is 493. The van der Waals surface area contributed by atoms with Crippen molar-refractivity contribution < 1.29 is 4.74 Å². The molecule has 0 unspecified atom stereocenters. The second kappa shape index (κ2) is 7.71. The van der Waals surface area contributed by atoms with Crippen molar-refractivity contribution >= 4 is 0 Å². The molecule has 0 aliphatic rings. The molecule has 0 saturated heterocycles. The first kappa shape index (κ1) is 14.6. The van der Waals surface area contributed by atoms with Gasteiger partial charge in [0.1, 0.15) is 12.4 Å². The second-order valence-corrected chi connectivity index (χ2v) is 5.15. The van der Waals surface area contributed by atoms with Crippen LogP contribution in [0.4, 0.5) is 0 Å². The molecule has 2 heteroatoms. The normalized spacial score (nSPS) is 12.1. The Kier molecular flexibility index (Phi) is 5.63. The quantitative estimate of drug-likeness (QED) is 0.825. The summed E-state index contributed by atoms with van der Waals surface area (Å²) >= 11 is 0. The number of nitrogens with one attached hydrogen (secondary N) is 1. The van der Waals surface area contributed by atoms with E-state index in [-0.39, 0.29) is 0 Å². The summed E-state index contributed by atoms with van der Waals surface area (Å²) in [6, 6.07) is 19.2. The molecule has 0 amide bonds. The summed E-state index contributed by atoms with van der Waals surface area (Å²) in [5.74, 6) is 0.930. The molecule has 0 aliphatic heterocycles. The molecular weight excluding hydrogens is 246 g/mol. The van der Waals surface area contributed by atoms with E-state index >= 15 is 0 Å². The molecule has 106 valence electrons. The van der Waals surface area contributed by atoms with Gasteiger partial charge in [-0.1, -0.05) is 42.5 Å². The first-order valence-corrected chi connectivity index (χ1v) is 7.21. The standard InChI is InChI=1S/C18H23NO/c1-15(19-2)8-9-16-10-12-18(13-11-16)20-14-17-6-4-3-5-7-17/h3-7,10-13,15,19H,8-9,14H2,1-2H3/t15-/m0/s1. The molecule has 0 spiro atoms. The van der Waals surface area contributed by atoms with E-state index in [4.69, 9.17) is 4.74 Å². The van der Waals surface area contributed by atoms with Gasteiger partial charge in [0, 0.05) is 6.04 Å². The van der Waals surface area contributed by atoms with Crippen LogP contribution in [0.15, 0.2) is 54.6 Å². The molecule has 0 aliphatic carbocycles. The van der Waals surface area contributed by atoms with Crippen LogP contribution in [0.3, 0.4) is 0 Å². The van der Waals surface area contributed by atoms with Gasteiger partial charge < -0.3 is 10.1 Å². The predicted octanol–water partition coefficient (Wildman–Crippen LogP) is 3.81. The fraction of sp³-hybridized carbons (Fsp3) is 0.333. The number of hydrogen-bond acceptors (Lipinski definition) is 2. The number of rotatable bonds is 7. The van der Waals surface area contributed by atoms with Crippen LogP contribution < -0.4 is 10.1 Å². The van der Waals surface area contributed by atoms with Gasteiger partial charge in [0.25, 0.3) is 0 Å². The molecule has 20 heavy (non-hydrogen) atoms. The topological polar surface area (TPSA) is 21.3 Å². The van der Waals surface area contributed by atoms with Crippen molar-refractivity contribution in [2.45, 2.75) is 32.4 Å². The molecule has 1 N–H and O–H groups in total. The smallest absolute Gasteiger partial charge is 0.119 e. The molecule has 0 radical (unpaired) electrons. The van der Waals surface area contributed by atoms with Crippen LogP contribution in [0, 0.1) is 0 Å². The fourth-order valence-corrected chi connectivity index (χ4v) is 2.02. The van der Waals surface area contributed by atoms with E-state index in [1.807, 2.05) is 25.2 Å². The van der Waals surface area contributed by atoms with E-state index in [1.54, 1.807) is 0 Å². The van der Waals surface area contributed by atoms with Crippen LogP contribution >= 0.6 is 0 Å². The van der Waals surface area contributed by atoms with E-state index in [9.17, 15) is 0 Å². The molecule has 0 saturated carbocycles. The Labute approximate surface area is 121 Å². The Balaban J connectivity index is 1.82. The molecule has 0 bridgehead atoms. The summed E-state index contributed by atoms with van der Waals surface area (Å²) in [5.41, 5.74) is 2.55. The molecule has 2 aromatic carbocycles. The third kappa shape index (κ3) is 4.71. The summed E-state index contributed by atoms with van der Waals surface area (Å²) in [6.45, 7) is 2.83. The van der Waals surface area contributed by atoms with Gasteiger partial charge in [0.15, 0.2) is 0 Å². The molecule has 1 atom stereocenters. The number of hydrogen-bond donors (Lipinski definition) is 1. The highest BCUT2D eigenvalue weighted by Crippen LogP contribution is 2.15. The van der Waals surface area contributed by atoms with Crippen LogP contribution in [0.2, 0.25) is 0 Å². The van der Waals surface area contributed by atoms with E-state index in [1.165, 1.54) is 11.1 Å². The van der Waals surface area contributed by atoms with E-state index in [0.29, 0.717) is 12.6 Å². The largest absolute Gasteiger partial charge is 0.489 e. The maximum Gasteiger partial charge on any atom is 0.119 e. The lowest BCUT2D eigenvalue weighted by Gasteiger charge is -2.10. The van der Waals surface area contributed by atoms with Crippen molar-refractivity contribution in [3.8, 4) is 5.75 Å². The van der Waals surface area contributed by atoms with Crippen LogP contribution in [0.25, 0.3) is 0 Å². The van der Waals surface area contributed by atoms with Crippen molar-refractivity contribution in [1.82, 2.24) is 5.32 Å². The average Bonchev–Trinajstić information content (AvgIpc) is 2.52. The zero-order valence-electron chi connectivity index (χ0n) is 12.3. The second-order valence-electron chi connectivity index (χ2n) is 5.15. The van der Waals surface area contributed by atoms with Gasteiger partial charge in [0.05, 0.1) is 0 Å². The minimum Gasteiger partial charge on any atom is -0.489 e. The summed E-state index contributed by atoms with van der Waals surface area (Å²) in [4.78, 5) is 0. The molecule has 0 heterocycles. The third-order valence-corrected chi connectivity index (χ3v) is 3.53. The fourth-order valence-electron chi connectivity index (χ4n) is 2.02. The summed E-state index contributed by atoms with van der Waals surface area (Å²) in [5, 5.41) is 3.26. The molecule has 2 rings (SSSR count). The maximum absolute atomic E-state index is 5.78. The SMILES string of the molecule is CN[C@@H](C)CCc1ccc(OCc2ccccc2)cc1. The minimum absolute atomic E-state index is 0.559. The van der Waals surface area contributed by atoms with Crippen LogP contribution in [0.5, 0.6) is 5.75 Å². The van der Waals surface area contributed by atoms with E-state index in [2.05, 4.69) is 48.6 Å². The van der Waals surface area contributed by atoms with Crippen molar-refractivity contribution in [3.05, 3.63) is 65.7 Å². The highest BCUT2D eigenvalue weighted by Gasteiger charge is 2.00. The van der Waals surface area contributed by atoms with Crippen molar-refractivity contribution in [2.24, 2.45) is 0 Å². The first-order chi connectivity index (χ1) is 9.78. The first-order valence-electron chi connectivity index (χ1n) is 7.21. The predicted molar refractivity (Wildman–Crippen MR) is 84.1 cm³/mol. The molecule has 0 aromatic heterocycles. The Morgan fingerprint density at radius 2 is 1.65 bits per heavy atom. The molecule has 0 fully saturated rings. The summed E-state index contributed by atoms with van der Waals surface area (Å²) < 4.78 is 5.78. The number of benzene rings is 2. The Morgan fingerprint density at radius 3 is 2.30 bits per heavy atom. The molecule has 2 nitrogen and oxygen atoms in total. The van der Waals surface area contributed by atoms with Gasteiger partial charge >= 0.3 is 0 Å². The summed E-state index contributed by atoms with van der Waals surface area (Å²) in [6.07, 6.45) is 2.25. The van der Waals surface area contributed by atoms with Gasteiger partial charge in [-0.3, -0.25) is 0 Å². The minimum atomic E-state index is 0.559. The zero-order chi connectivity index (χ0) is 14.2. The zero-order valence-corrected chi connectivity index (χ0v) is 12.3.